The Labute approximate surface area is 120 Å². The van der Waals surface area contributed by atoms with Crippen LogP contribution in [-0.2, 0) is 11.2 Å². The summed E-state index contributed by atoms with van der Waals surface area (Å²) < 4.78 is 18.6. The molecule has 0 spiro atoms. The Morgan fingerprint density at radius 2 is 2.10 bits per heavy atom. The maximum atomic E-state index is 13.4. The Kier molecular flexibility index (Phi) is 3.39. The third-order valence-electron chi connectivity index (χ3n) is 3.24. The van der Waals surface area contributed by atoms with Gasteiger partial charge in [-0.3, -0.25) is 4.79 Å². The predicted molar refractivity (Wildman–Crippen MR) is 77.5 cm³/mol. The number of benzene rings is 2. The first-order valence-corrected chi connectivity index (χ1v) is 6.53. The Balaban J connectivity index is 1.75. The number of aromatic nitrogens is 1. The fraction of sp³-hybridized carbons (Fsp3) is 0.125. The van der Waals surface area contributed by atoms with Gasteiger partial charge in [-0.25, -0.2) is 4.39 Å². The molecular formula is C16H13FN2O2. The van der Waals surface area contributed by atoms with Crippen LogP contribution in [0.5, 0.6) is 0 Å². The molecule has 1 N–H and O–H groups in total. The first-order valence-electron chi connectivity index (χ1n) is 6.53. The molecule has 0 fully saturated rings. The SMILES string of the molecule is Cc1ccc(NC(=O)Cc2noc3ccccc23)cc1F. The quantitative estimate of drug-likeness (QED) is 0.801. The van der Waals surface area contributed by atoms with E-state index in [0.29, 0.717) is 22.5 Å². The number of carbonyl (C=O) groups is 1. The van der Waals surface area contributed by atoms with Crippen LogP contribution in [0.1, 0.15) is 11.3 Å². The van der Waals surface area contributed by atoms with Crippen molar-refractivity contribution in [2.24, 2.45) is 0 Å². The van der Waals surface area contributed by atoms with Crippen LogP contribution in [0.2, 0.25) is 0 Å². The second-order valence-electron chi connectivity index (χ2n) is 4.81. The van der Waals surface area contributed by atoms with Crippen molar-refractivity contribution in [2.45, 2.75) is 13.3 Å². The maximum absolute atomic E-state index is 13.4. The van der Waals surface area contributed by atoms with Gasteiger partial charge in [0.05, 0.1) is 6.42 Å². The highest BCUT2D eigenvalue weighted by Gasteiger charge is 2.12. The monoisotopic (exact) mass is 284 g/mol. The summed E-state index contributed by atoms with van der Waals surface area (Å²) in [7, 11) is 0. The molecule has 1 amide bonds. The van der Waals surface area contributed by atoms with Crippen molar-refractivity contribution in [2.75, 3.05) is 5.32 Å². The molecule has 2 aromatic carbocycles. The molecule has 0 aliphatic rings. The van der Waals surface area contributed by atoms with Crippen LogP contribution in [0.3, 0.4) is 0 Å². The third-order valence-corrected chi connectivity index (χ3v) is 3.24. The molecule has 21 heavy (non-hydrogen) atoms. The lowest BCUT2D eigenvalue weighted by atomic mass is 10.1. The van der Waals surface area contributed by atoms with Crippen LogP contribution in [0.25, 0.3) is 11.0 Å². The molecule has 5 heteroatoms. The van der Waals surface area contributed by atoms with Crippen LogP contribution < -0.4 is 5.32 Å². The fourth-order valence-corrected chi connectivity index (χ4v) is 2.09. The van der Waals surface area contributed by atoms with E-state index in [1.807, 2.05) is 18.2 Å². The van der Waals surface area contributed by atoms with E-state index < -0.39 is 0 Å². The number of fused-ring (bicyclic) bond motifs is 1. The molecule has 0 saturated carbocycles. The van der Waals surface area contributed by atoms with Crippen LogP contribution >= 0.6 is 0 Å². The van der Waals surface area contributed by atoms with Crippen LogP contribution in [0, 0.1) is 12.7 Å². The number of anilines is 1. The summed E-state index contributed by atoms with van der Waals surface area (Å²) in [5.41, 5.74) is 2.17. The van der Waals surface area contributed by atoms with Gasteiger partial charge in [-0.2, -0.15) is 0 Å². The number of para-hydroxylation sites is 1. The van der Waals surface area contributed by atoms with Crippen molar-refractivity contribution < 1.29 is 13.7 Å². The summed E-state index contributed by atoms with van der Waals surface area (Å²) in [6.07, 6.45) is 0.0759. The van der Waals surface area contributed by atoms with Crippen LogP contribution in [0.4, 0.5) is 10.1 Å². The molecule has 3 rings (SSSR count). The van der Waals surface area contributed by atoms with E-state index in [9.17, 15) is 9.18 Å². The number of hydrogen-bond acceptors (Lipinski definition) is 3. The number of carbonyl (C=O) groups excluding carboxylic acids is 1. The molecular weight excluding hydrogens is 271 g/mol. The zero-order valence-corrected chi connectivity index (χ0v) is 11.4. The normalized spacial score (nSPS) is 10.8. The van der Waals surface area contributed by atoms with Gasteiger partial charge in [-0.1, -0.05) is 23.4 Å². The first-order chi connectivity index (χ1) is 10.1. The minimum Gasteiger partial charge on any atom is -0.356 e. The molecule has 0 aliphatic heterocycles. The van der Waals surface area contributed by atoms with Crippen LogP contribution in [0.15, 0.2) is 47.0 Å². The van der Waals surface area contributed by atoms with Gasteiger partial charge in [0.25, 0.3) is 0 Å². The van der Waals surface area contributed by atoms with E-state index in [0.717, 1.165) is 5.39 Å². The Morgan fingerprint density at radius 1 is 1.29 bits per heavy atom. The molecule has 0 bridgehead atoms. The summed E-state index contributed by atoms with van der Waals surface area (Å²) >= 11 is 0. The fourth-order valence-electron chi connectivity index (χ4n) is 2.09. The van der Waals surface area contributed by atoms with Gasteiger partial charge < -0.3 is 9.84 Å². The summed E-state index contributed by atoms with van der Waals surface area (Å²) in [6, 6.07) is 11.9. The molecule has 1 heterocycles. The van der Waals surface area contributed by atoms with E-state index in [4.69, 9.17) is 4.52 Å². The number of aryl methyl sites for hydroxylation is 1. The number of nitrogens with one attached hydrogen (secondary N) is 1. The van der Waals surface area contributed by atoms with Gasteiger partial charge >= 0.3 is 0 Å². The Hall–Kier alpha value is -2.69. The van der Waals surface area contributed by atoms with Crippen molar-refractivity contribution in [1.82, 2.24) is 5.16 Å². The van der Waals surface area contributed by atoms with E-state index in [1.165, 1.54) is 6.07 Å². The molecule has 0 saturated heterocycles. The van der Waals surface area contributed by atoms with Gasteiger partial charge in [-0.15, -0.1) is 0 Å². The number of nitrogens with zero attached hydrogens (tertiary/aromatic N) is 1. The molecule has 0 aliphatic carbocycles. The maximum Gasteiger partial charge on any atom is 0.230 e. The average Bonchev–Trinajstić information content (AvgIpc) is 2.86. The van der Waals surface area contributed by atoms with Gasteiger partial charge in [0.15, 0.2) is 5.58 Å². The lowest BCUT2D eigenvalue weighted by molar-refractivity contribution is -0.115. The zero-order valence-electron chi connectivity index (χ0n) is 11.4. The average molecular weight is 284 g/mol. The minimum atomic E-state index is -0.348. The van der Waals surface area contributed by atoms with E-state index >= 15 is 0 Å². The highest BCUT2D eigenvalue weighted by Crippen LogP contribution is 2.19. The number of rotatable bonds is 3. The summed E-state index contributed by atoms with van der Waals surface area (Å²) in [5, 5.41) is 7.36. The van der Waals surface area contributed by atoms with Crippen molar-refractivity contribution in [3.8, 4) is 0 Å². The molecule has 4 nitrogen and oxygen atoms in total. The van der Waals surface area contributed by atoms with E-state index in [-0.39, 0.29) is 18.1 Å². The molecule has 0 radical (unpaired) electrons. The molecule has 3 aromatic rings. The number of halogens is 1. The molecule has 106 valence electrons. The van der Waals surface area contributed by atoms with Crippen LogP contribution in [-0.4, -0.2) is 11.1 Å². The largest absolute Gasteiger partial charge is 0.356 e. The summed E-state index contributed by atoms with van der Waals surface area (Å²) in [6.45, 7) is 1.67. The van der Waals surface area contributed by atoms with E-state index in [2.05, 4.69) is 10.5 Å². The molecule has 0 atom stereocenters. The molecule has 0 unspecified atom stereocenters. The van der Waals surface area contributed by atoms with Crippen molar-refractivity contribution in [3.63, 3.8) is 0 Å². The van der Waals surface area contributed by atoms with Crippen molar-refractivity contribution in [3.05, 3.63) is 59.5 Å². The van der Waals surface area contributed by atoms with Gasteiger partial charge in [0.1, 0.15) is 11.5 Å². The van der Waals surface area contributed by atoms with Gasteiger partial charge in [0.2, 0.25) is 5.91 Å². The van der Waals surface area contributed by atoms with Crippen molar-refractivity contribution >= 4 is 22.6 Å². The topological polar surface area (TPSA) is 55.1 Å². The third kappa shape index (κ3) is 2.76. The Bertz CT molecular complexity index is 811. The first kappa shape index (κ1) is 13.3. The van der Waals surface area contributed by atoms with Gasteiger partial charge in [0, 0.05) is 11.1 Å². The number of hydrogen-bond donors (Lipinski definition) is 1. The smallest absolute Gasteiger partial charge is 0.230 e. The highest BCUT2D eigenvalue weighted by atomic mass is 19.1. The minimum absolute atomic E-state index is 0.0759. The van der Waals surface area contributed by atoms with Gasteiger partial charge in [-0.05, 0) is 36.8 Å². The second-order valence-corrected chi connectivity index (χ2v) is 4.81. The lowest BCUT2D eigenvalue weighted by Crippen LogP contribution is -2.14. The summed E-state index contributed by atoms with van der Waals surface area (Å²) in [5.74, 6) is -0.614. The summed E-state index contributed by atoms with van der Waals surface area (Å²) in [4.78, 5) is 12.0. The highest BCUT2D eigenvalue weighted by molar-refractivity contribution is 5.94. The van der Waals surface area contributed by atoms with Crippen molar-refractivity contribution in [1.29, 1.82) is 0 Å². The zero-order chi connectivity index (χ0) is 14.8. The van der Waals surface area contributed by atoms with E-state index in [1.54, 1.807) is 25.1 Å². The lowest BCUT2D eigenvalue weighted by Gasteiger charge is -2.05. The standard InChI is InChI=1S/C16H13FN2O2/c1-10-6-7-11(8-13(10)17)18-16(20)9-14-12-4-2-3-5-15(12)21-19-14/h2-8H,9H2,1H3,(H,18,20). The predicted octanol–water partition coefficient (Wildman–Crippen LogP) is 3.46. The Morgan fingerprint density at radius 3 is 2.90 bits per heavy atom. The molecule has 1 aromatic heterocycles. The number of amides is 1. The second kappa shape index (κ2) is 5.36.